The van der Waals surface area contributed by atoms with E-state index in [1.807, 2.05) is 4.90 Å². The SMILES string of the molecule is CCCN(CC(=O)N1CCn2cccc2[C@@H]1c1ccc(C(C)(C)C)cc1)C(=O)CC(C)(C)C. The summed E-state index contributed by atoms with van der Waals surface area (Å²) < 4.78 is 2.24. The first-order valence-electron chi connectivity index (χ1n) is 12.2. The molecular weight excluding hydrogens is 410 g/mol. The van der Waals surface area contributed by atoms with Gasteiger partial charge in [-0.05, 0) is 40.5 Å². The number of carbonyl (C=O) groups excluding carboxylic acids is 2. The largest absolute Gasteiger partial charge is 0.348 e. The molecule has 5 heteroatoms. The number of hydrogen-bond acceptors (Lipinski definition) is 2. The lowest BCUT2D eigenvalue weighted by Gasteiger charge is -2.39. The predicted octanol–water partition coefficient (Wildman–Crippen LogP) is 5.39. The van der Waals surface area contributed by atoms with Gasteiger partial charge in [0.05, 0.1) is 12.6 Å². The minimum absolute atomic E-state index is 0.0167. The fraction of sp³-hybridized carbons (Fsp3) is 0.571. The second-order valence-electron chi connectivity index (χ2n) is 11.5. The highest BCUT2D eigenvalue weighted by Crippen LogP contribution is 2.34. The van der Waals surface area contributed by atoms with Crippen molar-refractivity contribution in [1.29, 1.82) is 0 Å². The molecule has 0 saturated heterocycles. The molecule has 2 amide bonds. The standard InChI is InChI=1S/C28H41N3O2/c1-8-15-30(24(32)19-27(2,3)4)20-25(33)31-18-17-29-16-9-10-23(29)26(31)21-11-13-22(14-12-21)28(5,6)7/h9-14,16,26H,8,15,17-20H2,1-7H3/t26-/m0/s1. The zero-order valence-corrected chi connectivity index (χ0v) is 21.5. The van der Waals surface area contributed by atoms with Crippen LogP contribution in [0, 0.1) is 5.41 Å². The quantitative estimate of drug-likeness (QED) is 0.591. The Morgan fingerprint density at radius 3 is 2.24 bits per heavy atom. The van der Waals surface area contributed by atoms with Gasteiger partial charge in [0.1, 0.15) is 0 Å². The lowest BCUT2D eigenvalue weighted by atomic mass is 9.86. The van der Waals surface area contributed by atoms with Crippen molar-refractivity contribution >= 4 is 11.8 Å². The molecular formula is C28H41N3O2. The van der Waals surface area contributed by atoms with Crippen molar-refractivity contribution in [3.8, 4) is 0 Å². The minimum Gasteiger partial charge on any atom is -0.348 e. The molecule has 0 bridgehead atoms. The van der Waals surface area contributed by atoms with Crippen LogP contribution in [0.15, 0.2) is 42.6 Å². The molecule has 0 fully saturated rings. The Bertz CT molecular complexity index is 960. The summed E-state index contributed by atoms with van der Waals surface area (Å²) in [6, 6.07) is 12.7. The van der Waals surface area contributed by atoms with Crippen LogP contribution in [0.3, 0.4) is 0 Å². The van der Waals surface area contributed by atoms with Gasteiger partial charge in [-0.2, -0.15) is 0 Å². The first kappa shape index (κ1) is 25.1. The highest BCUT2D eigenvalue weighted by atomic mass is 16.2. The summed E-state index contributed by atoms with van der Waals surface area (Å²) in [6.07, 6.45) is 3.37. The highest BCUT2D eigenvalue weighted by Gasteiger charge is 2.34. The Labute approximate surface area is 199 Å². The highest BCUT2D eigenvalue weighted by molar-refractivity contribution is 5.85. The zero-order valence-electron chi connectivity index (χ0n) is 21.5. The summed E-state index contributed by atoms with van der Waals surface area (Å²) in [5, 5.41) is 0. The number of rotatable bonds is 6. The van der Waals surface area contributed by atoms with Crippen LogP contribution in [-0.2, 0) is 21.5 Å². The third-order valence-corrected chi connectivity index (χ3v) is 6.30. The van der Waals surface area contributed by atoms with Gasteiger partial charge in [-0.3, -0.25) is 9.59 Å². The Kier molecular flexibility index (Phi) is 7.40. The Morgan fingerprint density at radius 1 is 1.00 bits per heavy atom. The van der Waals surface area contributed by atoms with Crippen LogP contribution in [0.2, 0.25) is 0 Å². The number of nitrogens with zero attached hydrogens (tertiary/aromatic N) is 3. The van der Waals surface area contributed by atoms with Gasteiger partial charge in [-0.1, -0.05) is 72.7 Å². The van der Waals surface area contributed by atoms with Crippen LogP contribution in [0.1, 0.15) is 84.2 Å². The summed E-state index contributed by atoms with van der Waals surface area (Å²) in [5.74, 6) is 0.0761. The van der Waals surface area contributed by atoms with E-state index < -0.39 is 0 Å². The lowest BCUT2D eigenvalue weighted by molar-refractivity contribution is -0.143. The molecule has 33 heavy (non-hydrogen) atoms. The molecule has 1 aromatic heterocycles. The van der Waals surface area contributed by atoms with E-state index in [0.29, 0.717) is 19.5 Å². The van der Waals surface area contributed by atoms with Gasteiger partial charge >= 0.3 is 0 Å². The summed E-state index contributed by atoms with van der Waals surface area (Å²) in [5.41, 5.74) is 3.49. The van der Waals surface area contributed by atoms with Crippen LogP contribution in [0.5, 0.6) is 0 Å². The van der Waals surface area contributed by atoms with Gasteiger partial charge in [0.25, 0.3) is 0 Å². The smallest absolute Gasteiger partial charge is 0.243 e. The second kappa shape index (κ2) is 9.74. The third kappa shape index (κ3) is 6.07. The Morgan fingerprint density at radius 2 is 1.67 bits per heavy atom. The van der Waals surface area contributed by atoms with E-state index in [9.17, 15) is 9.59 Å². The molecule has 0 unspecified atom stereocenters. The van der Waals surface area contributed by atoms with Crippen LogP contribution >= 0.6 is 0 Å². The van der Waals surface area contributed by atoms with E-state index in [0.717, 1.165) is 24.2 Å². The number of aromatic nitrogens is 1. The molecule has 1 atom stereocenters. The van der Waals surface area contributed by atoms with E-state index in [1.165, 1.54) is 5.56 Å². The van der Waals surface area contributed by atoms with Crippen LogP contribution in [0.4, 0.5) is 0 Å². The second-order valence-corrected chi connectivity index (χ2v) is 11.5. The van der Waals surface area contributed by atoms with Gasteiger partial charge in [-0.15, -0.1) is 0 Å². The summed E-state index contributed by atoms with van der Waals surface area (Å²) in [6.45, 7) is 17.0. The average molecular weight is 452 g/mol. The third-order valence-electron chi connectivity index (χ3n) is 6.30. The van der Waals surface area contributed by atoms with Crippen LogP contribution in [0.25, 0.3) is 0 Å². The van der Waals surface area contributed by atoms with Gasteiger partial charge in [0, 0.05) is 37.9 Å². The lowest BCUT2D eigenvalue weighted by Crippen LogP contribution is -2.48. The Hall–Kier alpha value is -2.56. The molecule has 1 aliphatic rings. The van der Waals surface area contributed by atoms with Gasteiger partial charge in [-0.25, -0.2) is 0 Å². The number of carbonyl (C=O) groups is 2. The molecule has 2 heterocycles. The summed E-state index contributed by atoms with van der Waals surface area (Å²) >= 11 is 0. The van der Waals surface area contributed by atoms with E-state index >= 15 is 0 Å². The average Bonchev–Trinajstić information content (AvgIpc) is 3.19. The van der Waals surface area contributed by atoms with Crippen molar-refractivity contribution in [1.82, 2.24) is 14.4 Å². The molecule has 0 saturated carbocycles. The fourth-order valence-corrected chi connectivity index (χ4v) is 4.55. The maximum Gasteiger partial charge on any atom is 0.243 e. The molecule has 0 N–H and O–H groups in total. The van der Waals surface area contributed by atoms with Crippen LogP contribution in [-0.4, -0.2) is 45.8 Å². The van der Waals surface area contributed by atoms with Gasteiger partial charge in [0.15, 0.2) is 0 Å². The van der Waals surface area contributed by atoms with E-state index in [4.69, 9.17) is 0 Å². The first-order valence-corrected chi connectivity index (χ1v) is 12.2. The predicted molar refractivity (Wildman–Crippen MR) is 134 cm³/mol. The number of hydrogen-bond donors (Lipinski definition) is 0. The number of amides is 2. The Balaban J connectivity index is 1.88. The monoisotopic (exact) mass is 451 g/mol. The normalized spacial score (nSPS) is 16.5. The molecule has 2 aromatic rings. The molecule has 0 radical (unpaired) electrons. The van der Waals surface area contributed by atoms with Crippen molar-refractivity contribution in [2.45, 2.75) is 79.3 Å². The summed E-state index contributed by atoms with van der Waals surface area (Å²) in [4.78, 5) is 30.3. The summed E-state index contributed by atoms with van der Waals surface area (Å²) in [7, 11) is 0. The van der Waals surface area contributed by atoms with Crippen molar-refractivity contribution in [2.24, 2.45) is 5.41 Å². The molecule has 180 valence electrons. The first-order chi connectivity index (χ1) is 15.4. The van der Waals surface area contributed by atoms with Crippen LogP contribution < -0.4 is 0 Å². The number of benzene rings is 1. The molecule has 1 aliphatic heterocycles. The van der Waals surface area contributed by atoms with Crippen molar-refractivity contribution in [3.63, 3.8) is 0 Å². The van der Waals surface area contributed by atoms with Crippen molar-refractivity contribution in [2.75, 3.05) is 19.6 Å². The van der Waals surface area contributed by atoms with Crippen molar-refractivity contribution in [3.05, 3.63) is 59.4 Å². The maximum atomic E-state index is 13.6. The molecule has 0 spiro atoms. The molecule has 5 nitrogen and oxygen atoms in total. The zero-order chi connectivity index (χ0) is 24.4. The van der Waals surface area contributed by atoms with Gasteiger partial charge < -0.3 is 14.4 Å². The van der Waals surface area contributed by atoms with E-state index in [2.05, 4.69) is 95.6 Å². The van der Waals surface area contributed by atoms with Crippen molar-refractivity contribution < 1.29 is 9.59 Å². The molecule has 3 rings (SSSR count). The number of fused-ring (bicyclic) bond motifs is 1. The minimum atomic E-state index is -0.142. The van der Waals surface area contributed by atoms with E-state index in [1.54, 1.807) is 4.90 Å². The molecule has 0 aliphatic carbocycles. The molecule has 1 aromatic carbocycles. The topological polar surface area (TPSA) is 45.6 Å². The van der Waals surface area contributed by atoms with Gasteiger partial charge in [0.2, 0.25) is 11.8 Å². The fourth-order valence-electron chi connectivity index (χ4n) is 4.55. The maximum absolute atomic E-state index is 13.6. The van der Waals surface area contributed by atoms with E-state index in [-0.39, 0.29) is 35.2 Å².